The normalized spacial score (nSPS) is 10.5. The van der Waals surface area contributed by atoms with Crippen LogP contribution >= 0.6 is 0 Å². The highest BCUT2D eigenvalue weighted by atomic mass is 16.3. The number of benzene rings is 1. The Hall–Kier alpha value is -1.31. The summed E-state index contributed by atoms with van der Waals surface area (Å²) in [6, 6.07) is 6.75. The van der Waals surface area contributed by atoms with Crippen LogP contribution in [0.1, 0.15) is 6.92 Å². The van der Waals surface area contributed by atoms with Gasteiger partial charge < -0.3 is 5.11 Å². The summed E-state index contributed by atoms with van der Waals surface area (Å²) in [6.45, 7) is 1.85. The van der Waals surface area contributed by atoms with Crippen LogP contribution in [0.2, 0.25) is 0 Å². The van der Waals surface area contributed by atoms with Crippen LogP contribution < -0.4 is 0 Å². The van der Waals surface area contributed by atoms with Gasteiger partial charge in [0.2, 0.25) is 0 Å². The molecule has 0 spiro atoms. The van der Waals surface area contributed by atoms with Gasteiger partial charge in [-0.05, 0) is 31.2 Å². The van der Waals surface area contributed by atoms with E-state index in [0.29, 0.717) is 0 Å². The van der Waals surface area contributed by atoms with Gasteiger partial charge in [-0.3, -0.25) is 4.99 Å². The fraction of sp³-hybridized carbons (Fsp3) is 0.125. The molecule has 2 nitrogen and oxygen atoms in total. The Bertz CT molecular complexity index is 226. The van der Waals surface area contributed by atoms with E-state index in [1.165, 1.54) is 0 Å². The summed E-state index contributed by atoms with van der Waals surface area (Å²) in [5, 5.41) is 8.87. The van der Waals surface area contributed by atoms with Gasteiger partial charge in [0.15, 0.2) is 0 Å². The molecule has 0 atom stereocenters. The molecule has 0 aliphatic carbocycles. The quantitative estimate of drug-likeness (QED) is 0.588. The van der Waals surface area contributed by atoms with E-state index in [-0.39, 0.29) is 5.75 Å². The SMILES string of the molecule is CC=Nc1ccc(O)cc1. The Morgan fingerprint density at radius 3 is 2.40 bits per heavy atom. The van der Waals surface area contributed by atoms with E-state index in [2.05, 4.69) is 4.99 Å². The highest BCUT2D eigenvalue weighted by Gasteiger charge is 1.86. The van der Waals surface area contributed by atoms with Gasteiger partial charge in [0, 0.05) is 6.21 Å². The van der Waals surface area contributed by atoms with Crippen LogP contribution in [-0.2, 0) is 0 Å². The number of aromatic hydroxyl groups is 1. The monoisotopic (exact) mass is 135 g/mol. The Kier molecular flexibility index (Phi) is 2.05. The molecule has 0 aliphatic heterocycles. The van der Waals surface area contributed by atoms with Crippen molar-refractivity contribution in [2.24, 2.45) is 4.99 Å². The largest absolute Gasteiger partial charge is 0.508 e. The standard InChI is InChI=1S/C8H9NO/c1-2-9-7-3-5-8(10)6-4-7/h2-6,10H,1H3. The summed E-state index contributed by atoms with van der Waals surface area (Å²) >= 11 is 0. The number of phenolic OH excluding ortho intramolecular Hbond substituents is 1. The van der Waals surface area contributed by atoms with Crippen molar-refractivity contribution in [2.45, 2.75) is 6.92 Å². The lowest BCUT2D eigenvalue weighted by molar-refractivity contribution is 0.475. The molecule has 0 aromatic heterocycles. The molecule has 0 bridgehead atoms. The zero-order chi connectivity index (χ0) is 7.40. The third-order valence-electron chi connectivity index (χ3n) is 1.13. The zero-order valence-corrected chi connectivity index (χ0v) is 5.78. The summed E-state index contributed by atoms with van der Waals surface area (Å²) < 4.78 is 0. The van der Waals surface area contributed by atoms with Crippen molar-refractivity contribution >= 4 is 11.9 Å². The Morgan fingerprint density at radius 1 is 1.30 bits per heavy atom. The van der Waals surface area contributed by atoms with E-state index in [1.807, 2.05) is 6.92 Å². The molecule has 10 heavy (non-hydrogen) atoms. The highest BCUT2D eigenvalue weighted by molar-refractivity contribution is 5.60. The lowest BCUT2D eigenvalue weighted by Crippen LogP contribution is -1.64. The lowest BCUT2D eigenvalue weighted by Gasteiger charge is -1.91. The predicted molar refractivity (Wildman–Crippen MR) is 41.9 cm³/mol. The summed E-state index contributed by atoms with van der Waals surface area (Å²) in [7, 11) is 0. The first-order chi connectivity index (χ1) is 4.83. The molecule has 0 saturated carbocycles. The molecule has 0 fully saturated rings. The van der Waals surface area contributed by atoms with Crippen LogP contribution in [0.5, 0.6) is 5.75 Å². The number of phenols is 1. The van der Waals surface area contributed by atoms with Crippen LogP contribution in [0.15, 0.2) is 29.3 Å². The number of nitrogens with zero attached hydrogens (tertiary/aromatic N) is 1. The average molecular weight is 135 g/mol. The second-order valence-corrected chi connectivity index (χ2v) is 1.90. The first-order valence-electron chi connectivity index (χ1n) is 3.10. The summed E-state index contributed by atoms with van der Waals surface area (Å²) in [5.41, 5.74) is 0.861. The molecule has 0 heterocycles. The molecule has 2 heteroatoms. The minimum absolute atomic E-state index is 0.273. The molecule has 0 amide bonds. The van der Waals surface area contributed by atoms with Gasteiger partial charge in [0.25, 0.3) is 0 Å². The van der Waals surface area contributed by atoms with Crippen molar-refractivity contribution in [1.29, 1.82) is 0 Å². The van der Waals surface area contributed by atoms with Gasteiger partial charge in [-0.15, -0.1) is 0 Å². The number of hydrogen-bond acceptors (Lipinski definition) is 2. The molecular formula is C8H9NO. The van der Waals surface area contributed by atoms with Crippen molar-refractivity contribution in [3.05, 3.63) is 24.3 Å². The second kappa shape index (κ2) is 3.01. The lowest BCUT2D eigenvalue weighted by atomic mass is 10.3. The van der Waals surface area contributed by atoms with Crippen molar-refractivity contribution in [2.75, 3.05) is 0 Å². The van der Waals surface area contributed by atoms with E-state index < -0.39 is 0 Å². The molecule has 1 rings (SSSR count). The second-order valence-electron chi connectivity index (χ2n) is 1.90. The van der Waals surface area contributed by atoms with Crippen LogP contribution in [0, 0.1) is 0 Å². The minimum atomic E-state index is 0.273. The molecule has 0 saturated heterocycles. The van der Waals surface area contributed by atoms with Crippen molar-refractivity contribution in [1.82, 2.24) is 0 Å². The van der Waals surface area contributed by atoms with Crippen LogP contribution in [0.3, 0.4) is 0 Å². The Balaban J connectivity index is 2.89. The maximum Gasteiger partial charge on any atom is 0.115 e. The topological polar surface area (TPSA) is 32.6 Å². The van der Waals surface area contributed by atoms with E-state index in [0.717, 1.165) is 5.69 Å². The maximum absolute atomic E-state index is 8.87. The van der Waals surface area contributed by atoms with E-state index in [9.17, 15) is 0 Å². The average Bonchev–Trinajstić information content (AvgIpc) is 1.95. The summed E-state index contributed by atoms with van der Waals surface area (Å²) in [5.74, 6) is 0.273. The fourth-order valence-electron chi connectivity index (χ4n) is 0.688. The van der Waals surface area contributed by atoms with E-state index >= 15 is 0 Å². The first-order valence-corrected chi connectivity index (χ1v) is 3.10. The Labute approximate surface area is 59.9 Å². The minimum Gasteiger partial charge on any atom is -0.508 e. The molecule has 1 aromatic rings. The number of rotatable bonds is 1. The molecule has 52 valence electrons. The van der Waals surface area contributed by atoms with Gasteiger partial charge in [0.05, 0.1) is 5.69 Å². The summed E-state index contributed by atoms with van der Waals surface area (Å²) in [4.78, 5) is 4.01. The van der Waals surface area contributed by atoms with Crippen molar-refractivity contribution < 1.29 is 5.11 Å². The van der Waals surface area contributed by atoms with Crippen LogP contribution in [0.25, 0.3) is 0 Å². The highest BCUT2D eigenvalue weighted by Crippen LogP contribution is 2.15. The predicted octanol–water partition coefficient (Wildman–Crippen LogP) is 2.11. The first kappa shape index (κ1) is 6.81. The van der Waals surface area contributed by atoms with Gasteiger partial charge in [-0.1, -0.05) is 0 Å². The van der Waals surface area contributed by atoms with E-state index in [1.54, 1.807) is 30.5 Å². The van der Waals surface area contributed by atoms with Gasteiger partial charge >= 0.3 is 0 Å². The molecule has 1 N–H and O–H groups in total. The van der Waals surface area contributed by atoms with Gasteiger partial charge in [-0.25, -0.2) is 0 Å². The van der Waals surface area contributed by atoms with E-state index in [4.69, 9.17) is 5.11 Å². The third-order valence-corrected chi connectivity index (χ3v) is 1.13. The van der Waals surface area contributed by atoms with Crippen LogP contribution in [0.4, 0.5) is 5.69 Å². The molecule has 0 unspecified atom stereocenters. The Morgan fingerprint density at radius 2 is 1.90 bits per heavy atom. The third kappa shape index (κ3) is 1.58. The molecule has 0 radical (unpaired) electrons. The number of hydrogen-bond donors (Lipinski definition) is 1. The molecule has 1 aromatic carbocycles. The van der Waals surface area contributed by atoms with Gasteiger partial charge in [0.1, 0.15) is 5.75 Å². The smallest absolute Gasteiger partial charge is 0.115 e. The molecule has 0 aliphatic rings. The van der Waals surface area contributed by atoms with Crippen molar-refractivity contribution in [3.63, 3.8) is 0 Å². The number of aliphatic imine (C=N–C) groups is 1. The van der Waals surface area contributed by atoms with Gasteiger partial charge in [-0.2, -0.15) is 0 Å². The fourth-order valence-corrected chi connectivity index (χ4v) is 0.688. The molecular weight excluding hydrogens is 126 g/mol. The van der Waals surface area contributed by atoms with Crippen molar-refractivity contribution in [3.8, 4) is 5.75 Å². The summed E-state index contributed by atoms with van der Waals surface area (Å²) in [6.07, 6.45) is 1.71. The zero-order valence-electron chi connectivity index (χ0n) is 5.78. The van der Waals surface area contributed by atoms with Crippen LogP contribution in [-0.4, -0.2) is 11.3 Å². The maximum atomic E-state index is 8.87.